The molecule has 0 bridgehead atoms. The van der Waals surface area contributed by atoms with Crippen LogP contribution in [0.5, 0.6) is 0 Å². The van der Waals surface area contributed by atoms with E-state index in [1.165, 1.54) is 19.3 Å². The molecule has 1 saturated carbocycles. The lowest BCUT2D eigenvalue weighted by Gasteiger charge is -2.39. The number of rotatable bonds is 3. The van der Waals surface area contributed by atoms with Gasteiger partial charge in [-0.2, -0.15) is 0 Å². The molecule has 20 heavy (non-hydrogen) atoms. The van der Waals surface area contributed by atoms with Gasteiger partial charge in [0.05, 0.1) is 0 Å². The summed E-state index contributed by atoms with van der Waals surface area (Å²) in [6, 6.07) is 1.32. The van der Waals surface area contributed by atoms with Gasteiger partial charge in [0, 0.05) is 31.1 Å². The van der Waals surface area contributed by atoms with Gasteiger partial charge < -0.3 is 10.2 Å². The quantitative estimate of drug-likeness (QED) is 0.862. The van der Waals surface area contributed by atoms with Gasteiger partial charge in [-0.25, -0.2) is 0 Å². The third-order valence-electron chi connectivity index (χ3n) is 5.18. The summed E-state index contributed by atoms with van der Waals surface area (Å²) < 4.78 is 0. The Labute approximate surface area is 124 Å². The maximum atomic E-state index is 12.0. The van der Waals surface area contributed by atoms with E-state index in [9.17, 15) is 4.79 Å². The average Bonchev–Trinajstić information content (AvgIpc) is 2.42. The molecule has 116 valence electrons. The molecule has 1 heterocycles. The molecule has 3 nitrogen and oxygen atoms in total. The predicted octanol–water partition coefficient (Wildman–Crippen LogP) is 3.05. The Balaban J connectivity index is 1.76. The molecule has 1 amide bonds. The Bertz CT molecular complexity index is 321. The average molecular weight is 280 g/mol. The highest BCUT2D eigenvalue weighted by molar-refractivity contribution is 5.78. The second-order valence-corrected chi connectivity index (χ2v) is 7.42. The molecule has 0 spiro atoms. The zero-order chi connectivity index (χ0) is 14.7. The highest BCUT2D eigenvalue weighted by Gasteiger charge is 2.29. The van der Waals surface area contributed by atoms with Crippen molar-refractivity contribution >= 4 is 5.91 Å². The number of amides is 1. The van der Waals surface area contributed by atoms with Crippen LogP contribution in [0.1, 0.15) is 59.8 Å². The Morgan fingerprint density at radius 1 is 1.10 bits per heavy atom. The third kappa shape index (κ3) is 3.97. The first-order valence-electron chi connectivity index (χ1n) is 8.52. The molecule has 0 aromatic rings. The first-order valence-corrected chi connectivity index (χ1v) is 8.52. The second-order valence-electron chi connectivity index (χ2n) is 7.42. The number of hydrogen-bond donors (Lipinski definition) is 1. The van der Waals surface area contributed by atoms with Crippen molar-refractivity contribution in [2.75, 3.05) is 13.1 Å². The zero-order valence-electron chi connectivity index (χ0n) is 13.7. The van der Waals surface area contributed by atoms with Crippen LogP contribution in [-0.4, -0.2) is 36.0 Å². The maximum Gasteiger partial charge on any atom is 0.225 e. The molecule has 3 atom stereocenters. The van der Waals surface area contributed by atoms with Crippen molar-refractivity contribution in [1.82, 2.24) is 10.2 Å². The summed E-state index contributed by atoms with van der Waals surface area (Å²) in [5.74, 6) is 2.16. The van der Waals surface area contributed by atoms with Crippen LogP contribution in [0.15, 0.2) is 0 Å². The van der Waals surface area contributed by atoms with Crippen molar-refractivity contribution in [2.24, 2.45) is 17.8 Å². The van der Waals surface area contributed by atoms with Crippen molar-refractivity contribution < 1.29 is 4.79 Å². The standard InChI is InChI=1S/C17H32N2O/c1-12(2)17(20)19-9-7-15(8-10-19)18-16-6-5-13(3)11-14(16)4/h12-16,18H,5-11H2,1-4H3. The topological polar surface area (TPSA) is 32.3 Å². The number of piperidine rings is 1. The van der Waals surface area contributed by atoms with Gasteiger partial charge in [-0.1, -0.05) is 27.7 Å². The lowest BCUT2D eigenvalue weighted by atomic mass is 9.79. The lowest BCUT2D eigenvalue weighted by Crippen LogP contribution is -2.50. The van der Waals surface area contributed by atoms with Crippen LogP contribution in [0.25, 0.3) is 0 Å². The fraction of sp³-hybridized carbons (Fsp3) is 0.941. The fourth-order valence-electron chi connectivity index (χ4n) is 3.85. The molecular formula is C17H32N2O. The number of nitrogens with one attached hydrogen (secondary N) is 1. The highest BCUT2D eigenvalue weighted by Crippen LogP contribution is 2.29. The Morgan fingerprint density at radius 2 is 1.75 bits per heavy atom. The van der Waals surface area contributed by atoms with Gasteiger partial charge in [0.2, 0.25) is 5.91 Å². The van der Waals surface area contributed by atoms with E-state index in [0.29, 0.717) is 18.0 Å². The Morgan fingerprint density at radius 3 is 2.30 bits per heavy atom. The normalized spacial score (nSPS) is 32.6. The van der Waals surface area contributed by atoms with E-state index in [-0.39, 0.29) is 5.92 Å². The van der Waals surface area contributed by atoms with Crippen LogP contribution < -0.4 is 5.32 Å². The summed E-state index contributed by atoms with van der Waals surface area (Å²) in [7, 11) is 0. The van der Waals surface area contributed by atoms with Crippen molar-refractivity contribution in [3.63, 3.8) is 0 Å². The molecule has 0 aromatic heterocycles. The minimum atomic E-state index is 0.138. The van der Waals surface area contributed by atoms with E-state index < -0.39 is 0 Å². The molecule has 1 aliphatic carbocycles. The van der Waals surface area contributed by atoms with Gasteiger partial charge in [-0.3, -0.25) is 4.79 Å². The summed E-state index contributed by atoms with van der Waals surface area (Å²) in [5, 5.41) is 3.88. The summed E-state index contributed by atoms with van der Waals surface area (Å²) in [5.41, 5.74) is 0. The molecule has 2 rings (SSSR count). The minimum absolute atomic E-state index is 0.138. The molecule has 3 heteroatoms. The molecule has 2 fully saturated rings. The first-order chi connectivity index (χ1) is 9.47. The molecule has 1 saturated heterocycles. The number of carbonyl (C=O) groups is 1. The number of hydrogen-bond acceptors (Lipinski definition) is 2. The van der Waals surface area contributed by atoms with Crippen LogP contribution in [0.3, 0.4) is 0 Å². The third-order valence-corrected chi connectivity index (χ3v) is 5.18. The predicted molar refractivity (Wildman–Crippen MR) is 83.5 cm³/mol. The summed E-state index contributed by atoms with van der Waals surface area (Å²) in [6.07, 6.45) is 6.30. The lowest BCUT2D eigenvalue weighted by molar-refractivity contribution is -0.135. The van der Waals surface area contributed by atoms with Gasteiger partial charge in [0.1, 0.15) is 0 Å². The van der Waals surface area contributed by atoms with Crippen molar-refractivity contribution in [1.29, 1.82) is 0 Å². The largest absolute Gasteiger partial charge is 0.342 e. The van der Waals surface area contributed by atoms with E-state index in [0.717, 1.165) is 37.8 Å². The monoisotopic (exact) mass is 280 g/mol. The number of likely N-dealkylation sites (tertiary alicyclic amines) is 1. The Hall–Kier alpha value is -0.570. The molecule has 1 N–H and O–H groups in total. The summed E-state index contributed by atoms with van der Waals surface area (Å²) >= 11 is 0. The number of nitrogens with zero attached hydrogens (tertiary/aromatic N) is 1. The van der Waals surface area contributed by atoms with Crippen molar-refractivity contribution in [2.45, 2.75) is 71.9 Å². The molecule has 0 radical (unpaired) electrons. The molecular weight excluding hydrogens is 248 g/mol. The van der Waals surface area contributed by atoms with Gasteiger partial charge in [-0.15, -0.1) is 0 Å². The van der Waals surface area contributed by atoms with Gasteiger partial charge in [0.15, 0.2) is 0 Å². The van der Waals surface area contributed by atoms with Gasteiger partial charge in [0.25, 0.3) is 0 Å². The van der Waals surface area contributed by atoms with E-state index in [1.807, 2.05) is 13.8 Å². The highest BCUT2D eigenvalue weighted by atomic mass is 16.2. The fourth-order valence-corrected chi connectivity index (χ4v) is 3.85. The number of carbonyl (C=O) groups excluding carboxylic acids is 1. The van der Waals surface area contributed by atoms with Crippen molar-refractivity contribution in [3.8, 4) is 0 Å². The van der Waals surface area contributed by atoms with Crippen molar-refractivity contribution in [3.05, 3.63) is 0 Å². The van der Waals surface area contributed by atoms with E-state index in [4.69, 9.17) is 0 Å². The molecule has 0 aromatic carbocycles. The zero-order valence-corrected chi connectivity index (χ0v) is 13.7. The molecule has 3 unspecified atom stereocenters. The van der Waals surface area contributed by atoms with Crippen LogP contribution in [0, 0.1) is 17.8 Å². The van der Waals surface area contributed by atoms with E-state index >= 15 is 0 Å². The van der Waals surface area contributed by atoms with E-state index in [1.54, 1.807) is 0 Å². The maximum absolute atomic E-state index is 12.0. The molecule has 1 aliphatic heterocycles. The van der Waals surface area contributed by atoms with Crippen LogP contribution in [0.2, 0.25) is 0 Å². The Kier molecular flexibility index (Phi) is 5.48. The minimum Gasteiger partial charge on any atom is -0.342 e. The van der Waals surface area contributed by atoms with Gasteiger partial charge >= 0.3 is 0 Å². The first kappa shape index (κ1) is 15.8. The SMILES string of the molecule is CC1CCC(NC2CCN(C(=O)C(C)C)CC2)C(C)C1. The van der Waals surface area contributed by atoms with E-state index in [2.05, 4.69) is 24.1 Å². The van der Waals surface area contributed by atoms with Crippen LogP contribution >= 0.6 is 0 Å². The van der Waals surface area contributed by atoms with Crippen LogP contribution in [0.4, 0.5) is 0 Å². The van der Waals surface area contributed by atoms with Crippen LogP contribution in [-0.2, 0) is 4.79 Å². The second kappa shape index (κ2) is 6.93. The summed E-state index contributed by atoms with van der Waals surface area (Å²) in [4.78, 5) is 14.0. The smallest absolute Gasteiger partial charge is 0.225 e. The molecule has 2 aliphatic rings. The summed E-state index contributed by atoms with van der Waals surface area (Å²) in [6.45, 7) is 10.6. The van der Waals surface area contributed by atoms with Gasteiger partial charge in [-0.05, 0) is 43.9 Å².